The Hall–Kier alpha value is -1.79. The number of rotatable bonds is 3. The van der Waals surface area contributed by atoms with E-state index in [9.17, 15) is 13.6 Å². The molecule has 0 aliphatic carbocycles. The molecule has 3 nitrogen and oxygen atoms in total. The van der Waals surface area contributed by atoms with Crippen LogP contribution in [0.15, 0.2) is 40.9 Å². The van der Waals surface area contributed by atoms with E-state index in [0.717, 1.165) is 12.1 Å². The van der Waals surface area contributed by atoms with Gasteiger partial charge in [0.15, 0.2) is 0 Å². The molecule has 2 N–H and O–H groups in total. The van der Waals surface area contributed by atoms with Crippen LogP contribution in [-0.2, 0) is 6.61 Å². The quantitative estimate of drug-likeness (QED) is 0.897. The summed E-state index contributed by atoms with van der Waals surface area (Å²) in [5.41, 5.74) is 0.283. The lowest BCUT2D eigenvalue weighted by Crippen LogP contribution is -2.16. The molecule has 6 heteroatoms. The number of benzene rings is 2. The van der Waals surface area contributed by atoms with Crippen LogP contribution in [0.1, 0.15) is 15.9 Å². The SMILES string of the molecule is O=C(Nc1cccc(CO)c1)c1c(F)cc(Br)cc1F. The fourth-order valence-corrected chi connectivity index (χ4v) is 2.10. The molecular weight excluding hydrogens is 332 g/mol. The summed E-state index contributed by atoms with van der Waals surface area (Å²) in [6.07, 6.45) is 0. The number of carbonyl (C=O) groups is 1. The molecule has 0 spiro atoms. The lowest BCUT2D eigenvalue weighted by Gasteiger charge is -2.08. The second-order valence-corrected chi connectivity index (χ2v) is 4.97. The number of nitrogens with one attached hydrogen (secondary N) is 1. The first-order valence-corrected chi connectivity index (χ1v) is 6.46. The smallest absolute Gasteiger partial charge is 0.261 e. The van der Waals surface area contributed by atoms with E-state index in [1.54, 1.807) is 18.2 Å². The first-order valence-electron chi connectivity index (χ1n) is 5.67. The molecule has 2 rings (SSSR count). The van der Waals surface area contributed by atoms with Crippen molar-refractivity contribution in [2.24, 2.45) is 0 Å². The molecule has 2 aromatic rings. The summed E-state index contributed by atoms with van der Waals surface area (Å²) in [5, 5.41) is 11.4. The van der Waals surface area contributed by atoms with Crippen molar-refractivity contribution in [3.8, 4) is 0 Å². The van der Waals surface area contributed by atoms with E-state index < -0.39 is 23.1 Å². The van der Waals surface area contributed by atoms with Gasteiger partial charge in [0.1, 0.15) is 17.2 Å². The Bertz CT molecular complexity index is 638. The summed E-state index contributed by atoms with van der Waals surface area (Å²) in [4.78, 5) is 11.9. The van der Waals surface area contributed by atoms with Crippen molar-refractivity contribution in [3.63, 3.8) is 0 Å². The van der Waals surface area contributed by atoms with Gasteiger partial charge >= 0.3 is 0 Å². The molecule has 0 radical (unpaired) electrons. The molecule has 0 aliphatic heterocycles. The monoisotopic (exact) mass is 341 g/mol. The minimum atomic E-state index is -0.951. The third-order valence-corrected chi connectivity index (χ3v) is 3.06. The normalized spacial score (nSPS) is 10.4. The summed E-state index contributed by atoms with van der Waals surface area (Å²) in [5.74, 6) is -2.79. The van der Waals surface area contributed by atoms with Crippen molar-refractivity contribution in [2.45, 2.75) is 6.61 Å². The molecule has 20 heavy (non-hydrogen) atoms. The van der Waals surface area contributed by atoms with Crippen LogP contribution in [-0.4, -0.2) is 11.0 Å². The second kappa shape index (κ2) is 6.11. The molecule has 0 unspecified atom stereocenters. The molecule has 0 fully saturated rings. The lowest BCUT2D eigenvalue weighted by atomic mass is 10.1. The van der Waals surface area contributed by atoms with Crippen LogP contribution < -0.4 is 5.32 Å². The van der Waals surface area contributed by atoms with Crippen molar-refractivity contribution in [1.29, 1.82) is 0 Å². The topological polar surface area (TPSA) is 49.3 Å². The number of anilines is 1. The fourth-order valence-electron chi connectivity index (χ4n) is 1.70. The van der Waals surface area contributed by atoms with Crippen LogP contribution in [0.25, 0.3) is 0 Å². The highest BCUT2D eigenvalue weighted by atomic mass is 79.9. The average Bonchev–Trinajstić information content (AvgIpc) is 2.37. The lowest BCUT2D eigenvalue weighted by molar-refractivity contribution is 0.101. The molecule has 0 aliphatic rings. The van der Waals surface area contributed by atoms with Crippen LogP contribution in [0.5, 0.6) is 0 Å². The highest BCUT2D eigenvalue weighted by Gasteiger charge is 2.18. The fraction of sp³-hybridized carbons (Fsp3) is 0.0714. The van der Waals surface area contributed by atoms with Gasteiger partial charge in [-0.15, -0.1) is 0 Å². The van der Waals surface area contributed by atoms with Gasteiger partial charge in [0.2, 0.25) is 0 Å². The van der Waals surface area contributed by atoms with Crippen LogP contribution >= 0.6 is 15.9 Å². The van der Waals surface area contributed by atoms with E-state index in [-0.39, 0.29) is 11.1 Å². The molecule has 1 amide bonds. The molecule has 2 aromatic carbocycles. The zero-order valence-electron chi connectivity index (χ0n) is 10.2. The van der Waals surface area contributed by atoms with Crippen LogP contribution in [0.2, 0.25) is 0 Å². The summed E-state index contributed by atoms with van der Waals surface area (Å²) in [6, 6.07) is 8.40. The Morgan fingerprint density at radius 2 is 1.85 bits per heavy atom. The predicted octanol–water partition coefficient (Wildman–Crippen LogP) is 3.47. The third kappa shape index (κ3) is 3.20. The first kappa shape index (κ1) is 14.6. The Morgan fingerprint density at radius 3 is 2.45 bits per heavy atom. The van der Waals surface area contributed by atoms with Crippen molar-refractivity contribution in [1.82, 2.24) is 0 Å². The van der Waals surface area contributed by atoms with E-state index in [1.165, 1.54) is 6.07 Å². The van der Waals surface area contributed by atoms with Gasteiger partial charge in [-0.25, -0.2) is 8.78 Å². The van der Waals surface area contributed by atoms with Crippen molar-refractivity contribution < 1.29 is 18.7 Å². The van der Waals surface area contributed by atoms with Crippen LogP contribution in [0.3, 0.4) is 0 Å². The predicted molar refractivity (Wildman–Crippen MR) is 74.4 cm³/mol. The summed E-state index contributed by atoms with van der Waals surface area (Å²) >= 11 is 2.94. The Kier molecular flexibility index (Phi) is 4.46. The molecule has 0 saturated heterocycles. The van der Waals surface area contributed by atoms with Gasteiger partial charge in [0, 0.05) is 10.2 Å². The van der Waals surface area contributed by atoms with E-state index in [1.807, 2.05) is 0 Å². The van der Waals surface area contributed by atoms with Crippen LogP contribution in [0, 0.1) is 11.6 Å². The van der Waals surface area contributed by atoms with Crippen LogP contribution in [0.4, 0.5) is 14.5 Å². The Morgan fingerprint density at radius 1 is 1.20 bits per heavy atom. The van der Waals surface area contributed by atoms with Crippen molar-refractivity contribution in [3.05, 3.63) is 63.6 Å². The van der Waals surface area contributed by atoms with Crippen molar-refractivity contribution >= 4 is 27.5 Å². The zero-order chi connectivity index (χ0) is 14.7. The summed E-state index contributed by atoms with van der Waals surface area (Å²) in [6.45, 7) is -0.190. The highest BCUT2D eigenvalue weighted by molar-refractivity contribution is 9.10. The summed E-state index contributed by atoms with van der Waals surface area (Å²) in [7, 11) is 0. The van der Waals surface area contributed by atoms with E-state index in [4.69, 9.17) is 5.11 Å². The number of hydrogen-bond donors (Lipinski definition) is 2. The number of amides is 1. The molecular formula is C14H10BrF2NO2. The van der Waals surface area contributed by atoms with E-state index in [0.29, 0.717) is 11.3 Å². The number of aliphatic hydroxyl groups is 1. The molecule has 0 bridgehead atoms. The minimum absolute atomic E-state index is 0.190. The Balaban J connectivity index is 2.28. The van der Waals surface area contributed by atoms with Gasteiger partial charge in [-0.05, 0) is 29.8 Å². The van der Waals surface area contributed by atoms with Gasteiger partial charge in [-0.3, -0.25) is 4.79 Å². The maximum Gasteiger partial charge on any atom is 0.261 e. The second-order valence-electron chi connectivity index (χ2n) is 4.06. The van der Waals surface area contributed by atoms with Gasteiger partial charge in [0.05, 0.1) is 6.61 Å². The van der Waals surface area contributed by atoms with E-state index >= 15 is 0 Å². The zero-order valence-corrected chi connectivity index (χ0v) is 11.7. The van der Waals surface area contributed by atoms with Gasteiger partial charge in [-0.2, -0.15) is 0 Å². The molecule has 0 saturated carbocycles. The number of halogens is 3. The molecule has 0 atom stereocenters. The number of aliphatic hydroxyl groups excluding tert-OH is 1. The molecule has 0 heterocycles. The molecule has 104 valence electrons. The highest BCUT2D eigenvalue weighted by Crippen LogP contribution is 2.21. The van der Waals surface area contributed by atoms with Gasteiger partial charge in [-0.1, -0.05) is 28.1 Å². The van der Waals surface area contributed by atoms with Crippen molar-refractivity contribution in [2.75, 3.05) is 5.32 Å². The Labute approximate surface area is 122 Å². The van der Waals surface area contributed by atoms with Gasteiger partial charge < -0.3 is 10.4 Å². The first-order chi connectivity index (χ1) is 9.51. The minimum Gasteiger partial charge on any atom is -0.392 e. The summed E-state index contributed by atoms with van der Waals surface area (Å²) < 4.78 is 27.5. The maximum atomic E-state index is 13.6. The number of hydrogen-bond acceptors (Lipinski definition) is 2. The third-order valence-electron chi connectivity index (χ3n) is 2.60. The molecule has 0 aromatic heterocycles. The van der Waals surface area contributed by atoms with Gasteiger partial charge in [0.25, 0.3) is 5.91 Å². The standard InChI is InChI=1S/C14H10BrF2NO2/c15-9-5-11(16)13(12(17)6-9)14(20)18-10-3-1-2-8(4-10)7-19/h1-6,19H,7H2,(H,18,20). The van der Waals surface area contributed by atoms with E-state index in [2.05, 4.69) is 21.2 Å². The average molecular weight is 342 g/mol. The largest absolute Gasteiger partial charge is 0.392 e. The number of carbonyl (C=O) groups excluding carboxylic acids is 1. The maximum absolute atomic E-state index is 13.6.